The van der Waals surface area contributed by atoms with Crippen molar-refractivity contribution in [1.82, 2.24) is 20.4 Å². The van der Waals surface area contributed by atoms with Gasteiger partial charge < -0.3 is 15.5 Å². The molecule has 2 rings (SSSR count). The lowest BCUT2D eigenvalue weighted by Gasteiger charge is -2.34. The van der Waals surface area contributed by atoms with Crippen LogP contribution < -0.4 is 10.6 Å². The van der Waals surface area contributed by atoms with Crippen LogP contribution in [0.15, 0.2) is 24.3 Å². The van der Waals surface area contributed by atoms with Crippen molar-refractivity contribution in [3.63, 3.8) is 0 Å². The van der Waals surface area contributed by atoms with E-state index in [1.165, 1.54) is 12.5 Å². The Hall–Kier alpha value is -2.41. The molecule has 1 aromatic rings. The molecular formula is C19H28N4O3. The predicted molar refractivity (Wildman–Crippen MR) is 99.9 cm³/mol. The molecule has 142 valence electrons. The highest BCUT2D eigenvalue weighted by atomic mass is 16.2. The Kier molecular flexibility index (Phi) is 7.59. The molecule has 7 nitrogen and oxygen atoms in total. The summed E-state index contributed by atoms with van der Waals surface area (Å²) in [6.07, 6.45) is 0.958. The number of aryl methyl sites for hydroxylation is 1. The lowest BCUT2D eigenvalue weighted by atomic mass is 10.1. The third-order valence-corrected chi connectivity index (χ3v) is 4.46. The lowest BCUT2D eigenvalue weighted by molar-refractivity contribution is -0.123. The SMILES string of the molecule is CCc1ccc(C(=O)N2CCN(CC(=O)NCCNC(C)=O)CC2)cc1. The van der Waals surface area contributed by atoms with Gasteiger partial charge in [0.25, 0.3) is 5.91 Å². The van der Waals surface area contributed by atoms with E-state index in [-0.39, 0.29) is 17.7 Å². The summed E-state index contributed by atoms with van der Waals surface area (Å²) in [7, 11) is 0. The summed E-state index contributed by atoms with van der Waals surface area (Å²) in [5, 5.41) is 5.41. The highest BCUT2D eigenvalue weighted by molar-refractivity contribution is 5.94. The first-order chi connectivity index (χ1) is 12.5. The zero-order chi connectivity index (χ0) is 18.9. The van der Waals surface area contributed by atoms with Crippen LogP contribution in [0.5, 0.6) is 0 Å². The van der Waals surface area contributed by atoms with Gasteiger partial charge >= 0.3 is 0 Å². The highest BCUT2D eigenvalue weighted by Gasteiger charge is 2.23. The predicted octanol–water partition coefficient (Wildman–Crippen LogP) is 0.259. The molecule has 7 heteroatoms. The molecule has 1 aromatic carbocycles. The van der Waals surface area contributed by atoms with Crippen LogP contribution in [0.2, 0.25) is 0 Å². The van der Waals surface area contributed by atoms with E-state index in [2.05, 4.69) is 17.6 Å². The molecule has 26 heavy (non-hydrogen) atoms. The van der Waals surface area contributed by atoms with Gasteiger partial charge in [0.15, 0.2) is 0 Å². The number of amides is 3. The first-order valence-corrected chi connectivity index (χ1v) is 9.11. The molecule has 1 heterocycles. The van der Waals surface area contributed by atoms with Crippen LogP contribution in [-0.2, 0) is 16.0 Å². The average Bonchev–Trinajstić information content (AvgIpc) is 2.65. The third kappa shape index (κ3) is 6.15. The minimum atomic E-state index is -0.107. The largest absolute Gasteiger partial charge is 0.355 e. The number of nitrogens with zero attached hydrogens (tertiary/aromatic N) is 2. The number of hydrogen-bond acceptors (Lipinski definition) is 4. The number of carbonyl (C=O) groups excluding carboxylic acids is 3. The fourth-order valence-corrected chi connectivity index (χ4v) is 2.87. The molecule has 0 aromatic heterocycles. The molecule has 1 saturated heterocycles. The molecule has 0 aliphatic carbocycles. The number of nitrogens with one attached hydrogen (secondary N) is 2. The maximum Gasteiger partial charge on any atom is 0.253 e. The molecule has 2 N–H and O–H groups in total. The molecule has 0 unspecified atom stereocenters. The van der Waals surface area contributed by atoms with E-state index in [0.29, 0.717) is 51.4 Å². The molecule has 0 saturated carbocycles. The summed E-state index contributed by atoms with van der Waals surface area (Å²) in [6.45, 7) is 7.29. The normalized spacial score (nSPS) is 14.8. The summed E-state index contributed by atoms with van der Waals surface area (Å²) in [5.41, 5.74) is 1.93. The van der Waals surface area contributed by atoms with Crippen molar-refractivity contribution >= 4 is 17.7 Å². The van der Waals surface area contributed by atoms with Gasteiger partial charge in [-0.15, -0.1) is 0 Å². The van der Waals surface area contributed by atoms with Crippen LogP contribution in [-0.4, -0.2) is 73.3 Å². The van der Waals surface area contributed by atoms with Crippen molar-refractivity contribution in [3.8, 4) is 0 Å². The first-order valence-electron chi connectivity index (χ1n) is 9.11. The van der Waals surface area contributed by atoms with E-state index in [1.54, 1.807) is 0 Å². The number of benzene rings is 1. The second-order valence-electron chi connectivity index (χ2n) is 6.45. The topological polar surface area (TPSA) is 81.8 Å². The molecule has 3 amide bonds. The van der Waals surface area contributed by atoms with Crippen molar-refractivity contribution < 1.29 is 14.4 Å². The van der Waals surface area contributed by atoms with E-state index in [4.69, 9.17) is 0 Å². The fraction of sp³-hybridized carbons (Fsp3) is 0.526. The van der Waals surface area contributed by atoms with Crippen molar-refractivity contribution in [2.75, 3.05) is 45.8 Å². The van der Waals surface area contributed by atoms with Crippen LogP contribution in [0.3, 0.4) is 0 Å². The van der Waals surface area contributed by atoms with Crippen molar-refractivity contribution in [1.29, 1.82) is 0 Å². The number of rotatable bonds is 7. The Morgan fingerprint density at radius 1 is 0.962 bits per heavy atom. The monoisotopic (exact) mass is 360 g/mol. The van der Waals surface area contributed by atoms with Crippen molar-refractivity contribution in [2.24, 2.45) is 0 Å². The Bertz CT molecular complexity index is 622. The van der Waals surface area contributed by atoms with Gasteiger partial charge in [-0.1, -0.05) is 19.1 Å². The minimum absolute atomic E-state index is 0.0482. The van der Waals surface area contributed by atoms with E-state index in [1.807, 2.05) is 34.1 Å². The molecule has 0 bridgehead atoms. The average molecular weight is 360 g/mol. The van der Waals surface area contributed by atoms with Gasteiger partial charge in [-0.2, -0.15) is 0 Å². The second-order valence-corrected chi connectivity index (χ2v) is 6.45. The molecular weight excluding hydrogens is 332 g/mol. The third-order valence-electron chi connectivity index (χ3n) is 4.46. The molecule has 0 atom stereocenters. The fourth-order valence-electron chi connectivity index (χ4n) is 2.87. The van der Waals surface area contributed by atoms with Gasteiger partial charge in [-0.05, 0) is 24.1 Å². The summed E-state index contributed by atoms with van der Waals surface area (Å²) >= 11 is 0. The Morgan fingerprint density at radius 3 is 2.15 bits per heavy atom. The summed E-state index contributed by atoms with van der Waals surface area (Å²) in [6, 6.07) is 7.76. The van der Waals surface area contributed by atoms with E-state index in [0.717, 1.165) is 6.42 Å². The first kappa shape index (κ1) is 19.9. The van der Waals surface area contributed by atoms with Gasteiger partial charge in [-0.3, -0.25) is 19.3 Å². The van der Waals surface area contributed by atoms with Crippen LogP contribution in [0.25, 0.3) is 0 Å². The van der Waals surface area contributed by atoms with Gasteiger partial charge in [-0.25, -0.2) is 0 Å². The zero-order valence-electron chi connectivity index (χ0n) is 15.6. The van der Waals surface area contributed by atoms with Crippen molar-refractivity contribution in [3.05, 3.63) is 35.4 Å². The minimum Gasteiger partial charge on any atom is -0.355 e. The second kappa shape index (κ2) is 9.91. The Morgan fingerprint density at radius 2 is 1.58 bits per heavy atom. The standard InChI is InChI=1S/C19H28N4O3/c1-3-16-4-6-17(7-5-16)19(26)23-12-10-22(11-13-23)14-18(25)21-9-8-20-15(2)24/h4-7H,3,8-14H2,1-2H3,(H,20,24)(H,21,25). The molecule has 0 spiro atoms. The van der Waals surface area contributed by atoms with Gasteiger partial charge in [0.05, 0.1) is 6.54 Å². The van der Waals surface area contributed by atoms with Crippen LogP contribution in [0.4, 0.5) is 0 Å². The lowest BCUT2D eigenvalue weighted by Crippen LogP contribution is -2.51. The van der Waals surface area contributed by atoms with Crippen LogP contribution >= 0.6 is 0 Å². The Labute approximate surface area is 154 Å². The number of hydrogen-bond donors (Lipinski definition) is 2. The highest BCUT2D eigenvalue weighted by Crippen LogP contribution is 2.10. The number of piperazine rings is 1. The Balaban J connectivity index is 1.71. The molecule has 1 aliphatic heterocycles. The van der Waals surface area contributed by atoms with E-state index >= 15 is 0 Å². The van der Waals surface area contributed by atoms with Gasteiger partial charge in [0.2, 0.25) is 11.8 Å². The van der Waals surface area contributed by atoms with Gasteiger partial charge in [0, 0.05) is 51.8 Å². The van der Waals surface area contributed by atoms with Crippen molar-refractivity contribution in [2.45, 2.75) is 20.3 Å². The van der Waals surface area contributed by atoms with Crippen LogP contribution in [0.1, 0.15) is 29.8 Å². The van der Waals surface area contributed by atoms with E-state index in [9.17, 15) is 14.4 Å². The van der Waals surface area contributed by atoms with Crippen LogP contribution in [0, 0.1) is 0 Å². The quantitative estimate of drug-likeness (QED) is 0.684. The molecule has 1 fully saturated rings. The zero-order valence-corrected chi connectivity index (χ0v) is 15.6. The summed E-state index contributed by atoms with van der Waals surface area (Å²) in [5.74, 6) is -0.123. The smallest absolute Gasteiger partial charge is 0.253 e. The van der Waals surface area contributed by atoms with E-state index < -0.39 is 0 Å². The summed E-state index contributed by atoms with van der Waals surface area (Å²) in [4.78, 5) is 39.1. The maximum absolute atomic E-state index is 12.6. The summed E-state index contributed by atoms with van der Waals surface area (Å²) < 4.78 is 0. The maximum atomic E-state index is 12.6. The van der Waals surface area contributed by atoms with Gasteiger partial charge in [0.1, 0.15) is 0 Å². The molecule has 0 radical (unpaired) electrons. The molecule has 1 aliphatic rings. The number of carbonyl (C=O) groups is 3.